The lowest BCUT2D eigenvalue weighted by molar-refractivity contribution is -0.140. The minimum atomic E-state index is -0.279. The Balaban J connectivity index is 1.87. The van der Waals surface area contributed by atoms with Gasteiger partial charge < -0.3 is 14.5 Å². The zero-order chi connectivity index (χ0) is 13.7. The number of nitrogens with one attached hydrogen (secondary N) is 1. The van der Waals surface area contributed by atoms with E-state index in [4.69, 9.17) is 4.42 Å². The molecule has 1 aromatic heterocycles. The summed E-state index contributed by atoms with van der Waals surface area (Å²) in [6.45, 7) is 0.421. The number of rotatable bonds is 5. The number of amides is 1. The second kappa shape index (κ2) is 5.99. The molecule has 1 heterocycles. The third-order valence-corrected chi connectivity index (χ3v) is 2.66. The number of hydrogen-bond acceptors (Lipinski definition) is 5. The van der Waals surface area contributed by atoms with Crippen molar-refractivity contribution >= 4 is 23.0 Å². The molecule has 0 radical (unpaired) electrons. The number of oxazole rings is 1. The van der Waals surface area contributed by atoms with E-state index in [-0.39, 0.29) is 11.9 Å². The first-order valence-electron chi connectivity index (χ1n) is 5.89. The molecule has 19 heavy (non-hydrogen) atoms. The Kier molecular flexibility index (Phi) is 4.12. The van der Waals surface area contributed by atoms with Crippen molar-refractivity contribution in [1.82, 2.24) is 10.3 Å². The van der Waals surface area contributed by atoms with Crippen LogP contribution >= 0.6 is 0 Å². The fourth-order valence-corrected chi connectivity index (χ4v) is 1.64. The van der Waals surface area contributed by atoms with Crippen molar-refractivity contribution in [3.63, 3.8) is 0 Å². The van der Waals surface area contributed by atoms with E-state index in [0.29, 0.717) is 36.0 Å². The molecule has 0 saturated heterocycles. The molecule has 0 aliphatic heterocycles. The van der Waals surface area contributed by atoms with Crippen LogP contribution in [-0.2, 0) is 9.53 Å². The third kappa shape index (κ3) is 3.31. The number of methoxy groups -OCH3 is 1. The second-order valence-electron chi connectivity index (χ2n) is 3.97. The van der Waals surface area contributed by atoms with Gasteiger partial charge in [-0.15, -0.1) is 0 Å². The van der Waals surface area contributed by atoms with Gasteiger partial charge in [0, 0.05) is 18.5 Å². The summed E-state index contributed by atoms with van der Waals surface area (Å²) in [7, 11) is 1.34. The van der Waals surface area contributed by atoms with Crippen molar-refractivity contribution < 1.29 is 18.7 Å². The van der Waals surface area contributed by atoms with Crippen molar-refractivity contribution in [3.8, 4) is 0 Å². The van der Waals surface area contributed by atoms with Crippen LogP contribution in [0.5, 0.6) is 0 Å². The number of fused-ring (bicyclic) bond motifs is 1. The van der Waals surface area contributed by atoms with Gasteiger partial charge >= 0.3 is 5.97 Å². The van der Waals surface area contributed by atoms with Crippen molar-refractivity contribution in [2.75, 3.05) is 13.7 Å². The summed E-state index contributed by atoms with van der Waals surface area (Å²) in [6, 6.07) is 5.03. The maximum absolute atomic E-state index is 11.8. The molecular formula is C13H14N2O4. The summed E-state index contributed by atoms with van der Waals surface area (Å²) in [5.41, 5.74) is 1.80. The molecule has 0 unspecified atom stereocenters. The van der Waals surface area contributed by atoms with Crippen molar-refractivity contribution in [2.24, 2.45) is 0 Å². The molecule has 100 valence electrons. The lowest BCUT2D eigenvalue weighted by atomic mass is 10.2. The monoisotopic (exact) mass is 262 g/mol. The smallest absolute Gasteiger partial charge is 0.305 e. The summed E-state index contributed by atoms with van der Waals surface area (Å²) < 4.78 is 9.61. The first-order valence-corrected chi connectivity index (χ1v) is 5.89. The first kappa shape index (κ1) is 13.1. The van der Waals surface area contributed by atoms with Crippen LogP contribution in [0.1, 0.15) is 23.2 Å². The predicted octanol–water partition coefficient (Wildman–Crippen LogP) is 1.51. The van der Waals surface area contributed by atoms with E-state index < -0.39 is 0 Å². The fraction of sp³-hybridized carbons (Fsp3) is 0.308. The molecule has 0 saturated carbocycles. The summed E-state index contributed by atoms with van der Waals surface area (Å²) in [5, 5.41) is 2.73. The number of carbonyl (C=O) groups excluding carboxylic acids is 2. The van der Waals surface area contributed by atoms with E-state index in [2.05, 4.69) is 15.0 Å². The number of benzene rings is 1. The molecule has 1 aromatic carbocycles. The van der Waals surface area contributed by atoms with Crippen LogP contribution in [0.2, 0.25) is 0 Å². The van der Waals surface area contributed by atoms with Crippen LogP contribution in [0.4, 0.5) is 0 Å². The van der Waals surface area contributed by atoms with Crippen LogP contribution in [0, 0.1) is 0 Å². The van der Waals surface area contributed by atoms with Crippen LogP contribution in [-0.4, -0.2) is 30.5 Å². The highest BCUT2D eigenvalue weighted by atomic mass is 16.5. The van der Waals surface area contributed by atoms with E-state index in [1.54, 1.807) is 18.2 Å². The fourth-order valence-electron chi connectivity index (χ4n) is 1.64. The highest BCUT2D eigenvalue weighted by Gasteiger charge is 2.08. The predicted molar refractivity (Wildman–Crippen MR) is 67.6 cm³/mol. The maximum Gasteiger partial charge on any atom is 0.305 e. The molecular weight excluding hydrogens is 248 g/mol. The van der Waals surface area contributed by atoms with Crippen LogP contribution in [0.15, 0.2) is 29.0 Å². The van der Waals surface area contributed by atoms with Crippen molar-refractivity contribution in [1.29, 1.82) is 0 Å². The van der Waals surface area contributed by atoms with Gasteiger partial charge in [-0.1, -0.05) is 0 Å². The van der Waals surface area contributed by atoms with Crippen molar-refractivity contribution in [3.05, 3.63) is 30.2 Å². The molecule has 2 rings (SSSR count). The zero-order valence-corrected chi connectivity index (χ0v) is 10.5. The topological polar surface area (TPSA) is 81.4 Å². The highest BCUT2D eigenvalue weighted by Crippen LogP contribution is 2.13. The molecule has 0 atom stereocenters. The van der Waals surface area contributed by atoms with E-state index in [1.807, 2.05) is 0 Å². The Labute approximate surface area is 109 Å². The van der Waals surface area contributed by atoms with E-state index in [9.17, 15) is 9.59 Å². The minimum Gasteiger partial charge on any atom is -0.469 e. The average molecular weight is 262 g/mol. The summed E-state index contributed by atoms with van der Waals surface area (Å²) in [4.78, 5) is 26.7. The first-order chi connectivity index (χ1) is 9.20. The largest absolute Gasteiger partial charge is 0.469 e. The van der Waals surface area contributed by atoms with Gasteiger partial charge in [0.05, 0.1) is 7.11 Å². The maximum atomic E-state index is 11.8. The van der Waals surface area contributed by atoms with Crippen LogP contribution in [0.3, 0.4) is 0 Å². The minimum absolute atomic E-state index is 0.199. The van der Waals surface area contributed by atoms with E-state index >= 15 is 0 Å². The molecule has 0 aliphatic carbocycles. The number of nitrogens with zero attached hydrogens (tertiary/aromatic N) is 1. The molecule has 0 spiro atoms. The summed E-state index contributed by atoms with van der Waals surface area (Å²) in [5.74, 6) is -0.479. The number of carbonyl (C=O) groups is 2. The summed E-state index contributed by atoms with van der Waals surface area (Å²) >= 11 is 0. The Hall–Kier alpha value is -2.37. The van der Waals surface area contributed by atoms with Crippen LogP contribution < -0.4 is 5.32 Å². The van der Waals surface area contributed by atoms with Crippen LogP contribution in [0.25, 0.3) is 11.1 Å². The van der Waals surface area contributed by atoms with Gasteiger partial charge in [-0.05, 0) is 24.6 Å². The van der Waals surface area contributed by atoms with Gasteiger partial charge in [-0.3, -0.25) is 9.59 Å². The molecule has 0 fully saturated rings. The Morgan fingerprint density at radius 2 is 2.26 bits per heavy atom. The number of hydrogen-bond donors (Lipinski definition) is 1. The molecule has 2 aromatic rings. The van der Waals surface area contributed by atoms with Crippen molar-refractivity contribution in [2.45, 2.75) is 12.8 Å². The lowest BCUT2D eigenvalue weighted by Crippen LogP contribution is -2.24. The molecule has 6 heteroatoms. The zero-order valence-electron chi connectivity index (χ0n) is 10.5. The van der Waals surface area contributed by atoms with Gasteiger partial charge in [0.2, 0.25) is 0 Å². The Bertz CT molecular complexity index is 591. The number of esters is 1. The highest BCUT2D eigenvalue weighted by molar-refractivity contribution is 5.97. The van der Waals surface area contributed by atoms with Gasteiger partial charge in [0.1, 0.15) is 5.52 Å². The standard InChI is InChI=1S/C13H14N2O4/c1-18-12(16)3-2-6-14-13(17)9-4-5-11-10(7-9)15-8-19-11/h4-5,7-8H,2-3,6H2,1H3,(H,14,17). The van der Waals surface area contributed by atoms with Gasteiger partial charge in [-0.2, -0.15) is 0 Å². The molecule has 6 nitrogen and oxygen atoms in total. The molecule has 1 N–H and O–H groups in total. The molecule has 1 amide bonds. The van der Waals surface area contributed by atoms with E-state index in [1.165, 1.54) is 13.5 Å². The summed E-state index contributed by atoms with van der Waals surface area (Å²) in [6.07, 6.45) is 2.17. The number of aromatic nitrogens is 1. The quantitative estimate of drug-likeness (QED) is 0.652. The lowest BCUT2D eigenvalue weighted by Gasteiger charge is -2.04. The SMILES string of the molecule is COC(=O)CCCNC(=O)c1ccc2ocnc2c1. The van der Waals surface area contributed by atoms with Gasteiger partial charge in [-0.25, -0.2) is 4.98 Å². The normalized spacial score (nSPS) is 10.4. The van der Waals surface area contributed by atoms with E-state index in [0.717, 1.165) is 0 Å². The number of ether oxygens (including phenoxy) is 1. The van der Waals surface area contributed by atoms with Gasteiger partial charge in [0.15, 0.2) is 12.0 Å². The molecule has 0 bridgehead atoms. The average Bonchev–Trinajstić information content (AvgIpc) is 2.90. The molecule has 0 aliphatic rings. The second-order valence-corrected chi connectivity index (χ2v) is 3.97. The Morgan fingerprint density at radius 1 is 1.42 bits per heavy atom. The third-order valence-electron chi connectivity index (χ3n) is 2.66. The van der Waals surface area contributed by atoms with Gasteiger partial charge in [0.25, 0.3) is 5.91 Å². The Morgan fingerprint density at radius 3 is 3.05 bits per heavy atom.